The standard InChI is InChI=1S/C11H11F2O2/c1-3-8-5-6-9(15-11(12)13)10(7-8)14-4-2/h5-7,11H,1,4H2,2H3. The molecule has 1 aromatic rings. The van der Waals surface area contributed by atoms with Crippen LogP contribution in [0, 0.1) is 6.08 Å². The molecule has 0 heterocycles. The summed E-state index contributed by atoms with van der Waals surface area (Å²) in [5.74, 6) is 0.289. The number of benzene rings is 1. The lowest BCUT2D eigenvalue weighted by molar-refractivity contribution is -0.0514. The molecule has 0 fully saturated rings. The minimum absolute atomic E-state index is 0.0193. The molecule has 0 saturated carbocycles. The van der Waals surface area contributed by atoms with Crippen LogP contribution in [-0.4, -0.2) is 13.2 Å². The average molecular weight is 213 g/mol. The van der Waals surface area contributed by atoms with E-state index in [1.165, 1.54) is 6.07 Å². The minimum atomic E-state index is -2.86. The second kappa shape index (κ2) is 5.34. The molecule has 0 bridgehead atoms. The van der Waals surface area contributed by atoms with Gasteiger partial charge in [-0.05, 0) is 30.7 Å². The lowest BCUT2D eigenvalue weighted by Gasteiger charge is -2.11. The molecule has 0 aromatic heterocycles. The van der Waals surface area contributed by atoms with Crippen molar-refractivity contribution in [3.63, 3.8) is 0 Å². The number of halogens is 2. The van der Waals surface area contributed by atoms with Crippen LogP contribution in [0.5, 0.6) is 11.5 Å². The molecule has 4 heteroatoms. The highest BCUT2D eigenvalue weighted by molar-refractivity contribution is 5.44. The van der Waals surface area contributed by atoms with Gasteiger partial charge in [0, 0.05) is 0 Å². The van der Waals surface area contributed by atoms with Crippen molar-refractivity contribution in [2.24, 2.45) is 0 Å². The lowest BCUT2D eigenvalue weighted by atomic mass is 10.2. The van der Waals surface area contributed by atoms with Crippen LogP contribution in [0.25, 0.3) is 0 Å². The van der Waals surface area contributed by atoms with Crippen LogP contribution in [0.2, 0.25) is 0 Å². The normalized spacial score (nSPS) is 10.1. The van der Waals surface area contributed by atoms with Gasteiger partial charge in [0.1, 0.15) is 0 Å². The monoisotopic (exact) mass is 213 g/mol. The Labute approximate surface area is 87.1 Å². The van der Waals surface area contributed by atoms with Gasteiger partial charge in [-0.2, -0.15) is 8.78 Å². The van der Waals surface area contributed by atoms with Crippen molar-refractivity contribution in [3.8, 4) is 11.5 Å². The van der Waals surface area contributed by atoms with Gasteiger partial charge >= 0.3 is 6.61 Å². The lowest BCUT2D eigenvalue weighted by Crippen LogP contribution is -2.04. The Morgan fingerprint density at radius 3 is 2.67 bits per heavy atom. The molecule has 2 nitrogen and oxygen atoms in total. The van der Waals surface area contributed by atoms with Crippen molar-refractivity contribution >= 4 is 0 Å². The van der Waals surface area contributed by atoms with Gasteiger partial charge < -0.3 is 9.47 Å². The largest absolute Gasteiger partial charge is 0.490 e. The number of hydrogen-bond acceptors (Lipinski definition) is 2. The molecule has 0 amide bonds. The molecule has 1 radical (unpaired) electrons. The van der Waals surface area contributed by atoms with E-state index in [0.717, 1.165) is 0 Å². The second-order valence-corrected chi connectivity index (χ2v) is 2.65. The summed E-state index contributed by atoms with van der Waals surface area (Å²) in [5, 5.41) is 0. The van der Waals surface area contributed by atoms with E-state index < -0.39 is 6.61 Å². The zero-order valence-corrected chi connectivity index (χ0v) is 8.30. The van der Waals surface area contributed by atoms with Crippen LogP contribution in [0.4, 0.5) is 8.78 Å². The zero-order chi connectivity index (χ0) is 11.3. The summed E-state index contributed by atoms with van der Waals surface area (Å²) in [6.45, 7) is 2.73. The summed E-state index contributed by atoms with van der Waals surface area (Å²) in [5.41, 5.74) is 0.667. The third-order valence-electron chi connectivity index (χ3n) is 1.66. The maximum Gasteiger partial charge on any atom is 0.387 e. The van der Waals surface area contributed by atoms with E-state index in [4.69, 9.17) is 4.74 Å². The molecule has 1 aromatic carbocycles. The van der Waals surface area contributed by atoms with Crippen LogP contribution in [0.15, 0.2) is 24.8 Å². The molecule has 81 valence electrons. The van der Waals surface area contributed by atoms with Crippen molar-refractivity contribution < 1.29 is 18.3 Å². The van der Waals surface area contributed by atoms with Crippen LogP contribution < -0.4 is 9.47 Å². The molecule has 0 N–H and O–H groups in total. The number of rotatable bonds is 5. The highest BCUT2D eigenvalue weighted by Crippen LogP contribution is 2.29. The molecule has 0 saturated heterocycles. The quantitative estimate of drug-likeness (QED) is 0.748. The fourth-order valence-corrected chi connectivity index (χ4v) is 1.08. The van der Waals surface area contributed by atoms with E-state index >= 15 is 0 Å². The maximum atomic E-state index is 12.0. The maximum absolute atomic E-state index is 12.0. The molecule has 1 rings (SSSR count). The van der Waals surface area contributed by atoms with Gasteiger partial charge in [-0.1, -0.05) is 12.6 Å². The van der Waals surface area contributed by atoms with Crippen LogP contribution >= 0.6 is 0 Å². The first-order valence-electron chi connectivity index (χ1n) is 4.42. The molecule has 0 aliphatic rings. The molecular weight excluding hydrogens is 202 g/mol. The summed E-state index contributed by atoms with van der Waals surface area (Å²) in [6.07, 6.45) is 2.63. The topological polar surface area (TPSA) is 18.5 Å². The fraction of sp³-hybridized carbons (Fsp3) is 0.273. The Morgan fingerprint density at radius 1 is 1.40 bits per heavy atom. The molecular formula is C11H11F2O2. The van der Waals surface area contributed by atoms with Crippen molar-refractivity contribution in [3.05, 3.63) is 36.4 Å². The summed E-state index contributed by atoms with van der Waals surface area (Å²) >= 11 is 0. The number of ether oxygens (including phenoxy) is 2. The van der Waals surface area contributed by atoms with Crippen molar-refractivity contribution in [1.82, 2.24) is 0 Å². The Bertz CT molecular complexity index is 337. The summed E-state index contributed by atoms with van der Waals surface area (Å²) in [7, 11) is 0. The highest BCUT2D eigenvalue weighted by atomic mass is 19.3. The Hall–Kier alpha value is -1.58. The second-order valence-electron chi connectivity index (χ2n) is 2.65. The van der Waals surface area contributed by atoms with Crippen molar-refractivity contribution in [2.75, 3.05) is 6.61 Å². The molecule has 0 aliphatic carbocycles. The smallest absolute Gasteiger partial charge is 0.387 e. The number of hydrogen-bond donors (Lipinski definition) is 0. The molecule has 15 heavy (non-hydrogen) atoms. The first-order valence-corrected chi connectivity index (χ1v) is 4.42. The average Bonchev–Trinajstić information content (AvgIpc) is 2.20. The Balaban J connectivity index is 2.97. The van der Waals surface area contributed by atoms with Gasteiger partial charge in [-0.15, -0.1) is 0 Å². The van der Waals surface area contributed by atoms with Gasteiger partial charge in [0.25, 0.3) is 0 Å². The van der Waals surface area contributed by atoms with E-state index in [1.807, 2.05) is 0 Å². The first-order chi connectivity index (χ1) is 7.17. The van der Waals surface area contributed by atoms with Crippen molar-refractivity contribution in [2.45, 2.75) is 13.5 Å². The van der Waals surface area contributed by atoms with Crippen LogP contribution in [0.3, 0.4) is 0 Å². The van der Waals surface area contributed by atoms with Crippen LogP contribution in [-0.2, 0) is 0 Å². The zero-order valence-electron chi connectivity index (χ0n) is 8.30. The third-order valence-corrected chi connectivity index (χ3v) is 1.66. The Morgan fingerprint density at radius 2 is 2.13 bits per heavy atom. The molecule has 0 spiro atoms. The van der Waals surface area contributed by atoms with Crippen molar-refractivity contribution in [1.29, 1.82) is 0 Å². The van der Waals surface area contributed by atoms with Gasteiger partial charge in [-0.3, -0.25) is 0 Å². The number of alkyl halides is 2. The van der Waals surface area contributed by atoms with Gasteiger partial charge in [0.05, 0.1) is 6.61 Å². The van der Waals surface area contributed by atoms with E-state index in [9.17, 15) is 8.78 Å². The third kappa shape index (κ3) is 3.23. The summed E-state index contributed by atoms with van der Waals surface area (Å²) < 4.78 is 33.5. The molecule has 0 unspecified atom stereocenters. The van der Waals surface area contributed by atoms with Crippen LogP contribution in [0.1, 0.15) is 12.5 Å². The predicted octanol–water partition coefficient (Wildman–Crippen LogP) is 3.02. The van der Waals surface area contributed by atoms with Gasteiger partial charge in [0.2, 0.25) is 0 Å². The SMILES string of the molecule is C=[C]c1ccc(OC(F)F)c(OCC)c1. The minimum Gasteiger partial charge on any atom is -0.490 e. The van der Waals surface area contributed by atoms with E-state index in [-0.39, 0.29) is 11.5 Å². The molecule has 0 atom stereocenters. The van der Waals surface area contributed by atoms with Gasteiger partial charge in [0.15, 0.2) is 11.5 Å². The molecule has 0 aliphatic heterocycles. The van der Waals surface area contributed by atoms with E-state index in [1.54, 1.807) is 19.1 Å². The summed E-state index contributed by atoms with van der Waals surface area (Å²) in [4.78, 5) is 0. The highest BCUT2D eigenvalue weighted by Gasteiger charge is 2.10. The predicted molar refractivity (Wildman–Crippen MR) is 52.2 cm³/mol. The Kier molecular flexibility index (Phi) is 4.09. The van der Waals surface area contributed by atoms with E-state index in [0.29, 0.717) is 12.2 Å². The fourth-order valence-electron chi connectivity index (χ4n) is 1.08. The first kappa shape index (κ1) is 11.5. The summed E-state index contributed by atoms with van der Waals surface area (Å²) in [6, 6.07) is 4.53. The van der Waals surface area contributed by atoms with Gasteiger partial charge in [-0.25, -0.2) is 0 Å². The van der Waals surface area contributed by atoms with E-state index in [2.05, 4.69) is 17.4 Å².